The molecule has 0 atom stereocenters. The zero-order valence-electron chi connectivity index (χ0n) is 13.2. The molecule has 126 valence electrons. The van der Waals surface area contributed by atoms with Gasteiger partial charge in [-0.25, -0.2) is 4.39 Å². The molecule has 6 heteroatoms. The number of piperazine rings is 1. The van der Waals surface area contributed by atoms with Crippen molar-refractivity contribution >= 4 is 28.9 Å². The Morgan fingerprint density at radius 1 is 1.04 bits per heavy atom. The highest BCUT2D eigenvalue weighted by Crippen LogP contribution is 2.20. The standard InChI is InChI=1S/C18H19ClFN3O/c19-14-5-7-15(8-6-14)21-18(24)13-22-9-11-23(12-10-22)17-4-2-1-3-16(17)20/h1-8H,9-13H2,(H,21,24). The monoisotopic (exact) mass is 347 g/mol. The van der Waals surface area contributed by atoms with Crippen LogP contribution >= 0.6 is 11.6 Å². The van der Waals surface area contributed by atoms with Crippen LogP contribution in [0.5, 0.6) is 0 Å². The molecule has 3 rings (SSSR count). The van der Waals surface area contributed by atoms with Crippen molar-refractivity contribution in [2.45, 2.75) is 0 Å². The number of benzene rings is 2. The number of carbonyl (C=O) groups excluding carboxylic acids is 1. The first-order valence-electron chi connectivity index (χ1n) is 7.89. The lowest BCUT2D eigenvalue weighted by Crippen LogP contribution is -2.48. The van der Waals surface area contributed by atoms with Gasteiger partial charge in [-0.2, -0.15) is 0 Å². The van der Waals surface area contributed by atoms with E-state index in [0.717, 1.165) is 18.8 Å². The molecule has 1 aliphatic heterocycles. The Morgan fingerprint density at radius 3 is 2.38 bits per heavy atom. The van der Waals surface area contributed by atoms with Gasteiger partial charge in [0, 0.05) is 36.9 Å². The molecule has 1 heterocycles. The molecule has 4 nitrogen and oxygen atoms in total. The minimum atomic E-state index is -0.202. The molecule has 2 aromatic carbocycles. The first kappa shape index (κ1) is 16.7. The minimum Gasteiger partial charge on any atom is -0.367 e. The number of para-hydroxylation sites is 1. The lowest BCUT2D eigenvalue weighted by molar-refractivity contribution is -0.117. The minimum absolute atomic E-state index is 0.0586. The summed E-state index contributed by atoms with van der Waals surface area (Å²) in [5.41, 5.74) is 1.36. The molecule has 1 amide bonds. The summed E-state index contributed by atoms with van der Waals surface area (Å²) in [6.45, 7) is 3.18. The normalized spacial score (nSPS) is 15.3. The number of amides is 1. The van der Waals surface area contributed by atoms with E-state index in [9.17, 15) is 9.18 Å². The fourth-order valence-corrected chi connectivity index (χ4v) is 2.92. The van der Waals surface area contributed by atoms with Crippen LogP contribution in [0.15, 0.2) is 48.5 Å². The van der Waals surface area contributed by atoms with Crippen LogP contribution < -0.4 is 10.2 Å². The van der Waals surface area contributed by atoms with Crippen LogP contribution in [0.25, 0.3) is 0 Å². The van der Waals surface area contributed by atoms with Gasteiger partial charge in [0.25, 0.3) is 0 Å². The van der Waals surface area contributed by atoms with Gasteiger partial charge in [-0.1, -0.05) is 23.7 Å². The second-order valence-electron chi connectivity index (χ2n) is 5.77. The molecular weight excluding hydrogens is 329 g/mol. The lowest BCUT2D eigenvalue weighted by Gasteiger charge is -2.35. The fraction of sp³-hybridized carbons (Fsp3) is 0.278. The maximum atomic E-state index is 13.8. The molecule has 0 aromatic heterocycles. The van der Waals surface area contributed by atoms with Crippen molar-refractivity contribution in [2.75, 3.05) is 42.9 Å². The van der Waals surface area contributed by atoms with Gasteiger partial charge in [0.2, 0.25) is 5.91 Å². The third kappa shape index (κ3) is 4.24. The predicted octanol–water partition coefficient (Wildman–Crippen LogP) is 3.24. The Kier molecular flexibility index (Phi) is 5.33. The molecule has 0 saturated carbocycles. The molecule has 24 heavy (non-hydrogen) atoms. The Hall–Kier alpha value is -2.11. The van der Waals surface area contributed by atoms with E-state index < -0.39 is 0 Å². The Morgan fingerprint density at radius 2 is 1.71 bits per heavy atom. The van der Waals surface area contributed by atoms with Gasteiger partial charge < -0.3 is 10.2 Å². The van der Waals surface area contributed by atoms with Crippen LogP contribution in [0.3, 0.4) is 0 Å². The van der Waals surface area contributed by atoms with E-state index in [1.807, 2.05) is 11.0 Å². The molecule has 1 aliphatic rings. The number of nitrogens with zero attached hydrogens (tertiary/aromatic N) is 2. The highest BCUT2D eigenvalue weighted by atomic mass is 35.5. The largest absolute Gasteiger partial charge is 0.367 e. The van der Waals surface area contributed by atoms with Crippen molar-refractivity contribution in [2.24, 2.45) is 0 Å². The fourth-order valence-electron chi connectivity index (χ4n) is 2.79. The molecule has 0 spiro atoms. The van der Waals surface area contributed by atoms with Gasteiger partial charge in [0.1, 0.15) is 5.82 Å². The summed E-state index contributed by atoms with van der Waals surface area (Å²) in [5.74, 6) is -0.261. The number of hydrogen-bond acceptors (Lipinski definition) is 3. The summed E-state index contributed by atoms with van der Waals surface area (Å²) in [6.07, 6.45) is 0. The summed E-state index contributed by atoms with van der Waals surface area (Å²) in [6, 6.07) is 13.8. The van der Waals surface area contributed by atoms with Gasteiger partial charge >= 0.3 is 0 Å². The molecule has 1 saturated heterocycles. The van der Waals surface area contributed by atoms with E-state index in [4.69, 9.17) is 11.6 Å². The van der Waals surface area contributed by atoms with Crippen molar-refractivity contribution in [3.63, 3.8) is 0 Å². The van der Waals surface area contributed by atoms with Crippen molar-refractivity contribution in [3.8, 4) is 0 Å². The number of anilines is 2. The van der Waals surface area contributed by atoms with Gasteiger partial charge in [-0.15, -0.1) is 0 Å². The van der Waals surface area contributed by atoms with E-state index in [0.29, 0.717) is 30.3 Å². The van der Waals surface area contributed by atoms with E-state index >= 15 is 0 Å². The van der Waals surface area contributed by atoms with Crippen molar-refractivity contribution < 1.29 is 9.18 Å². The summed E-state index contributed by atoms with van der Waals surface area (Å²) >= 11 is 5.83. The molecule has 1 fully saturated rings. The van der Waals surface area contributed by atoms with Crippen LogP contribution in [-0.4, -0.2) is 43.5 Å². The van der Waals surface area contributed by atoms with Crippen LogP contribution in [0, 0.1) is 5.82 Å². The third-order valence-corrected chi connectivity index (χ3v) is 4.31. The number of nitrogens with one attached hydrogen (secondary N) is 1. The third-order valence-electron chi connectivity index (χ3n) is 4.06. The van der Waals surface area contributed by atoms with Crippen LogP contribution in [0.1, 0.15) is 0 Å². The van der Waals surface area contributed by atoms with Crippen molar-refractivity contribution in [3.05, 3.63) is 59.4 Å². The SMILES string of the molecule is O=C(CN1CCN(c2ccccc2F)CC1)Nc1ccc(Cl)cc1. The molecule has 0 radical (unpaired) electrons. The predicted molar refractivity (Wildman–Crippen MR) is 95.1 cm³/mol. The molecule has 0 unspecified atom stereocenters. The number of carbonyl (C=O) groups is 1. The average Bonchev–Trinajstić information content (AvgIpc) is 2.58. The summed E-state index contributed by atoms with van der Waals surface area (Å²) in [7, 11) is 0. The number of halogens is 2. The molecule has 0 aliphatic carbocycles. The Bertz CT molecular complexity index is 700. The van der Waals surface area contributed by atoms with E-state index in [2.05, 4.69) is 10.2 Å². The van der Waals surface area contributed by atoms with E-state index in [-0.39, 0.29) is 11.7 Å². The summed E-state index contributed by atoms with van der Waals surface area (Å²) in [5, 5.41) is 3.49. The lowest BCUT2D eigenvalue weighted by atomic mass is 10.2. The van der Waals surface area contributed by atoms with Crippen molar-refractivity contribution in [1.29, 1.82) is 0 Å². The first-order valence-corrected chi connectivity index (χ1v) is 8.27. The molecular formula is C18H19ClFN3O. The van der Waals surface area contributed by atoms with Crippen LogP contribution in [0.4, 0.5) is 15.8 Å². The van der Waals surface area contributed by atoms with E-state index in [1.54, 1.807) is 36.4 Å². The average molecular weight is 348 g/mol. The highest BCUT2D eigenvalue weighted by Gasteiger charge is 2.20. The van der Waals surface area contributed by atoms with Crippen LogP contribution in [-0.2, 0) is 4.79 Å². The Labute approximate surface area is 145 Å². The molecule has 0 bridgehead atoms. The Balaban J connectivity index is 1.49. The van der Waals surface area contributed by atoms with E-state index in [1.165, 1.54) is 6.07 Å². The van der Waals surface area contributed by atoms with Gasteiger partial charge in [0.15, 0.2) is 0 Å². The van der Waals surface area contributed by atoms with Gasteiger partial charge in [0.05, 0.1) is 12.2 Å². The molecule has 1 N–H and O–H groups in total. The number of rotatable bonds is 4. The topological polar surface area (TPSA) is 35.6 Å². The van der Waals surface area contributed by atoms with Crippen molar-refractivity contribution in [1.82, 2.24) is 4.90 Å². The summed E-state index contributed by atoms with van der Waals surface area (Å²) in [4.78, 5) is 16.2. The maximum Gasteiger partial charge on any atom is 0.238 e. The maximum absolute atomic E-state index is 13.8. The smallest absolute Gasteiger partial charge is 0.238 e. The zero-order valence-corrected chi connectivity index (χ0v) is 14.0. The van der Waals surface area contributed by atoms with Gasteiger partial charge in [-0.3, -0.25) is 9.69 Å². The van der Waals surface area contributed by atoms with Crippen LogP contribution in [0.2, 0.25) is 5.02 Å². The zero-order chi connectivity index (χ0) is 16.9. The second kappa shape index (κ2) is 7.64. The quantitative estimate of drug-likeness (QED) is 0.922. The number of hydrogen-bond donors (Lipinski definition) is 1. The van der Waals surface area contributed by atoms with Gasteiger partial charge in [-0.05, 0) is 36.4 Å². The highest BCUT2D eigenvalue weighted by molar-refractivity contribution is 6.30. The summed E-state index contributed by atoms with van der Waals surface area (Å²) < 4.78 is 13.8. The molecule has 2 aromatic rings. The first-order chi connectivity index (χ1) is 11.6. The second-order valence-corrected chi connectivity index (χ2v) is 6.21.